The molecule has 1 heterocycles. The number of hydrogen-bond acceptors (Lipinski definition) is 2. The maximum Gasteiger partial charge on any atom is 0.0897 e. The van der Waals surface area contributed by atoms with Crippen molar-refractivity contribution in [3.8, 4) is 0 Å². The van der Waals surface area contributed by atoms with E-state index in [0.717, 1.165) is 11.2 Å². The summed E-state index contributed by atoms with van der Waals surface area (Å²) in [6.45, 7) is 6.74. The average molecular weight is 260 g/mol. The van der Waals surface area contributed by atoms with Gasteiger partial charge in [-0.25, -0.2) is 4.98 Å². The molecule has 0 bridgehead atoms. The number of aryl methyl sites for hydroxylation is 1. The zero-order valence-corrected chi connectivity index (χ0v) is 10.6. The molecule has 3 heteroatoms. The minimum atomic E-state index is 0.448. The summed E-state index contributed by atoms with van der Waals surface area (Å²) in [4.78, 5) is 4.56. The Morgan fingerprint density at radius 2 is 2.31 bits per heavy atom. The fourth-order valence-corrected chi connectivity index (χ4v) is 4.00. The van der Waals surface area contributed by atoms with Gasteiger partial charge in [0, 0.05) is 16.6 Å². The van der Waals surface area contributed by atoms with Gasteiger partial charge in [0.15, 0.2) is 0 Å². The summed E-state index contributed by atoms with van der Waals surface area (Å²) < 4.78 is 0. The monoisotopic (exact) mass is 259 g/mol. The van der Waals surface area contributed by atoms with Crippen LogP contribution in [0.5, 0.6) is 0 Å². The normalized spacial score (nSPS) is 30.5. The lowest BCUT2D eigenvalue weighted by atomic mass is 10.1. The maximum absolute atomic E-state index is 4.56. The summed E-state index contributed by atoms with van der Waals surface area (Å²) in [5.74, 6) is 1.45. The third-order valence-electron chi connectivity index (χ3n) is 3.17. The predicted octanol–water partition coefficient (Wildman–Crippen LogP) is 3.59. The van der Waals surface area contributed by atoms with E-state index in [-0.39, 0.29) is 0 Å². The van der Waals surface area contributed by atoms with Gasteiger partial charge in [-0.05, 0) is 18.3 Å². The molecule has 2 rings (SSSR count). The van der Waals surface area contributed by atoms with Gasteiger partial charge in [-0.15, -0.1) is 11.3 Å². The van der Waals surface area contributed by atoms with Crippen LogP contribution >= 0.6 is 27.3 Å². The first-order chi connectivity index (χ1) is 6.07. The SMILES string of the molecule is Cc1nc(C2C(CBr)C2(C)C)cs1. The smallest absolute Gasteiger partial charge is 0.0897 e. The van der Waals surface area contributed by atoms with Crippen molar-refractivity contribution in [3.05, 3.63) is 16.1 Å². The van der Waals surface area contributed by atoms with Gasteiger partial charge >= 0.3 is 0 Å². The summed E-state index contributed by atoms with van der Waals surface area (Å²) in [7, 11) is 0. The van der Waals surface area contributed by atoms with E-state index < -0.39 is 0 Å². The first-order valence-corrected chi connectivity index (χ1v) is 6.55. The van der Waals surface area contributed by atoms with E-state index in [9.17, 15) is 0 Å². The fraction of sp³-hybridized carbons (Fsp3) is 0.700. The van der Waals surface area contributed by atoms with Crippen molar-refractivity contribution >= 4 is 27.3 Å². The summed E-state index contributed by atoms with van der Waals surface area (Å²) in [6, 6.07) is 0. The van der Waals surface area contributed by atoms with Crippen LogP contribution in [0.4, 0.5) is 0 Å². The third-order valence-corrected chi connectivity index (χ3v) is 4.66. The summed E-state index contributed by atoms with van der Waals surface area (Å²) in [5, 5.41) is 4.50. The van der Waals surface area contributed by atoms with Crippen LogP contribution < -0.4 is 0 Å². The summed E-state index contributed by atoms with van der Waals surface area (Å²) >= 11 is 5.33. The van der Waals surface area contributed by atoms with Gasteiger partial charge in [0.2, 0.25) is 0 Å². The van der Waals surface area contributed by atoms with Crippen LogP contribution in [0, 0.1) is 18.3 Å². The number of hydrogen-bond donors (Lipinski definition) is 0. The van der Waals surface area contributed by atoms with E-state index in [0.29, 0.717) is 11.3 Å². The minimum absolute atomic E-state index is 0.448. The first kappa shape index (κ1) is 9.66. The lowest BCUT2D eigenvalue weighted by molar-refractivity contribution is 0.577. The van der Waals surface area contributed by atoms with Crippen molar-refractivity contribution in [2.24, 2.45) is 11.3 Å². The summed E-state index contributed by atoms with van der Waals surface area (Å²) in [6.07, 6.45) is 0. The molecule has 2 atom stereocenters. The maximum atomic E-state index is 4.56. The number of rotatable bonds is 2. The molecule has 0 spiro atoms. The number of thiazole rings is 1. The quantitative estimate of drug-likeness (QED) is 0.740. The Hall–Kier alpha value is 0.110. The predicted molar refractivity (Wildman–Crippen MR) is 60.7 cm³/mol. The second-order valence-electron chi connectivity index (χ2n) is 4.35. The fourth-order valence-electron chi connectivity index (χ4n) is 2.14. The third kappa shape index (κ3) is 1.46. The zero-order valence-electron chi connectivity index (χ0n) is 8.17. The number of aromatic nitrogens is 1. The van der Waals surface area contributed by atoms with E-state index in [2.05, 4.69) is 47.1 Å². The molecule has 0 radical (unpaired) electrons. The summed E-state index contributed by atoms with van der Waals surface area (Å²) in [5.41, 5.74) is 1.75. The Labute approximate surface area is 91.7 Å². The van der Waals surface area contributed by atoms with Gasteiger partial charge in [-0.1, -0.05) is 29.8 Å². The Bertz CT molecular complexity index is 318. The topological polar surface area (TPSA) is 12.9 Å². The van der Waals surface area contributed by atoms with Gasteiger partial charge in [-0.2, -0.15) is 0 Å². The Balaban J connectivity index is 2.21. The van der Waals surface area contributed by atoms with Crippen molar-refractivity contribution in [2.45, 2.75) is 26.7 Å². The molecule has 1 aliphatic carbocycles. The molecule has 1 aliphatic rings. The zero-order chi connectivity index (χ0) is 9.64. The standard InChI is InChI=1S/C10H14BrNS/c1-6-12-8(5-13-6)9-7(4-11)10(9,2)3/h5,7,9H,4H2,1-3H3. The molecular formula is C10H14BrNS. The van der Waals surface area contributed by atoms with E-state index in [4.69, 9.17) is 0 Å². The largest absolute Gasteiger partial charge is 0.246 e. The number of nitrogens with zero attached hydrogens (tertiary/aromatic N) is 1. The van der Waals surface area contributed by atoms with Crippen LogP contribution in [0.15, 0.2) is 5.38 Å². The molecular weight excluding hydrogens is 246 g/mol. The lowest BCUT2D eigenvalue weighted by Crippen LogP contribution is -1.90. The van der Waals surface area contributed by atoms with Crippen LogP contribution in [-0.2, 0) is 0 Å². The van der Waals surface area contributed by atoms with E-state index in [1.54, 1.807) is 11.3 Å². The lowest BCUT2D eigenvalue weighted by Gasteiger charge is -1.98. The van der Waals surface area contributed by atoms with Crippen LogP contribution in [0.3, 0.4) is 0 Å². The molecule has 72 valence electrons. The molecule has 0 N–H and O–H groups in total. The minimum Gasteiger partial charge on any atom is -0.246 e. The van der Waals surface area contributed by atoms with Crippen LogP contribution in [0.2, 0.25) is 0 Å². The second kappa shape index (κ2) is 3.06. The highest BCUT2D eigenvalue weighted by atomic mass is 79.9. The highest BCUT2D eigenvalue weighted by molar-refractivity contribution is 9.09. The molecule has 1 aromatic heterocycles. The number of halogens is 1. The van der Waals surface area contributed by atoms with E-state index >= 15 is 0 Å². The molecule has 0 aromatic carbocycles. The second-order valence-corrected chi connectivity index (χ2v) is 6.06. The molecule has 1 fully saturated rings. The van der Waals surface area contributed by atoms with Crippen molar-refractivity contribution in [1.29, 1.82) is 0 Å². The molecule has 13 heavy (non-hydrogen) atoms. The number of alkyl halides is 1. The molecule has 0 amide bonds. The first-order valence-electron chi connectivity index (χ1n) is 4.55. The molecule has 1 aromatic rings. The highest BCUT2D eigenvalue weighted by Crippen LogP contribution is 2.64. The van der Waals surface area contributed by atoms with Gasteiger partial charge in [0.05, 0.1) is 10.7 Å². The van der Waals surface area contributed by atoms with E-state index in [1.807, 2.05) is 0 Å². The van der Waals surface area contributed by atoms with Crippen LogP contribution in [-0.4, -0.2) is 10.3 Å². The van der Waals surface area contributed by atoms with Crippen molar-refractivity contribution < 1.29 is 0 Å². The molecule has 0 aliphatic heterocycles. The van der Waals surface area contributed by atoms with Gasteiger partial charge in [0.1, 0.15) is 0 Å². The van der Waals surface area contributed by atoms with Crippen LogP contribution in [0.25, 0.3) is 0 Å². The van der Waals surface area contributed by atoms with Gasteiger partial charge < -0.3 is 0 Å². The Morgan fingerprint density at radius 1 is 1.62 bits per heavy atom. The Kier molecular flexibility index (Phi) is 2.27. The van der Waals surface area contributed by atoms with Crippen molar-refractivity contribution in [3.63, 3.8) is 0 Å². The van der Waals surface area contributed by atoms with Gasteiger partial charge in [-0.3, -0.25) is 0 Å². The Morgan fingerprint density at radius 3 is 2.69 bits per heavy atom. The van der Waals surface area contributed by atoms with Crippen molar-refractivity contribution in [2.75, 3.05) is 5.33 Å². The van der Waals surface area contributed by atoms with Crippen LogP contribution in [0.1, 0.15) is 30.5 Å². The van der Waals surface area contributed by atoms with Crippen molar-refractivity contribution in [1.82, 2.24) is 4.98 Å². The van der Waals surface area contributed by atoms with Gasteiger partial charge in [0.25, 0.3) is 0 Å². The molecule has 1 nitrogen and oxygen atoms in total. The molecule has 0 saturated heterocycles. The highest BCUT2D eigenvalue weighted by Gasteiger charge is 2.58. The molecule has 2 unspecified atom stereocenters. The molecule has 1 saturated carbocycles. The van der Waals surface area contributed by atoms with E-state index in [1.165, 1.54) is 10.7 Å². The average Bonchev–Trinajstić information content (AvgIpc) is 2.41.